The monoisotopic (exact) mass is 570 g/mol. The van der Waals surface area contributed by atoms with E-state index in [4.69, 9.17) is 19.6 Å². The number of hydrogen-bond acceptors (Lipinski definition) is 3. The number of alkyl halides is 4. The maximum absolute atomic E-state index is 13.6. The average molecular weight is 570 g/mol. The topological polar surface area (TPSA) is 115 Å². The van der Waals surface area contributed by atoms with Crippen LogP contribution in [0.2, 0.25) is 0 Å². The smallest absolute Gasteiger partial charge is 1.00 e. The maximum Gasteiger partial charge on any atom is 1.00 e. The van der Waals surface area contributed by atoms with E-state index in [1.807, 2.05) is 0 Å². The van der Waals surface area contributed by atoms with Gasteiger partial charge in [0.05, 0.1) is 0 Å². The maximum atomic E-state index is 13.6. The standard InChI is InChI=1S/C16H16F4O6P2S.4Na.4H/c17-15(18,27(21,22)23)13-5-1-11(2-6-13)9-29-10-12-3-7-14(8-4-12)16(19,20)28(24,25)26;;;;;;;;/h1-8H,9-10H2,(H2,21,22,23)(H2,24,25,26);;;;;;;;/q;4*+1;4*-1. The van der Waals surface area contributed by atoms with Gasteiger partial charge in [-0.05, 0) is 11.1 Å². The Morgan fingerprint density at radius 1 is 0.636 bits per heavy atom. The van der Waals surface area contributed by atoms with Crippen molar-refractivity contribution in [2.45, 2.75) is 22.8 Å². The van der Waals surface area contributed by atoms with Crippen molar-refractivity contribution in [1.29, 1.82) is 0 Å². The van der Waals surface area contributed by atoms with E-state index in [9.17, 15) is 26.7 Å². The zero-order chi connectivity index (χ0) is 22.1. The van der Waals surface area contributed by atoms with Crippen molar-refractivity contribution >= 4 is 27.0 Å². The van der Waals surface area contributed by atoms with Gasteiger partial charge in [0.25, 0.3) is 0 Å². The van der Waals surface area contributed by atoms with Gasteiger partial charge in [-0.25, -0.2) is 0 Å². The van der Waals surface area contributed by atoms with E-state index in [0.29, 0.717) is 22.6 Å². The van der Waals surface area contributed by atoms with Crippen LogP contribution >= 0.6 is 27.0 Å². The fourth-order valence-electron chi connectivity index (χ4n) is 2.23. The molecule has 0 heterocycles. The summed E-state index contributed by atoms with van der Waals surface area (Å²) in [7, 11) is -11.3. The molecule has 6 nitrogen and oxygen atoms in total. The van der Waals surface area contributed by atoms with Gasteiger partial charge >= 0.3 is 145 Å². The summed E-state index contributed by atoms with van der Waals surface area (Å²) in [6.45, 7) is 0. The molecule has 0 aliphatic heterocycles. The molecule has 0 aromatic heterocycles. The molecule has 0 aliphatic carbocycles. The largest absolute Gasteiger partial charge is 1.00 e. The van der Waals surface area contributed by atoms with Crippen molar-refractivity contribution < 1.29 is 170 Å². The number of rotatable bonds is 8. The van der Waals surface area contributed by atoms with E-state index >= 15 is 0 Å². The van der Waals surface area contributed by atoms with E-state index < -0.39 is 37.6 Å². The van der Waals surface area contributed by atoms with Crippen LogP contribution in [-0.2, 0) is 32.0 Å². The molecule has 0 spiro atoms. The summed E-state index contributed by atoms with van der Waals surface area (Å²) in [6.07, 6.45) is 0. The predicted octanol–water partition coefficient (Wildman–Crippen LogP) is -6.96. The van der Waals surface area contributed by atoms with Crippen LogP contribution in [-0.4, -0.2) is 19.6 Å². The van der Waals surface area contributed by atoms with Crippen molar-refractivity contribution in [3.63, 3.8) is 0 Å². The van der Waals surface area contributed by atoms with Crippen molar-refractivity contribution in [3.05, 3.63) is 70.8 Å². The van der Waals surface area contributed by atoms with Gasteiger partial charge in [-0.15, -0.1) is 0 Å². The Balaban J connectivity index is -0.000000225. The Labute approximate surface area is 286 Å². The zero-order valence-electron chi connectivity index (χ0n) is 22.5. The summed E-state index contributed by atoms with van der Waals surface area (Å²) in [5, 5.41) is 0. The first-order valence-electron chi connectivity index (χ1n) is 7.80. The summed E-state index contributed by atoms with van der Waals surface area (Å²) in [4.78, 5) is 34.9. The van der Waals surface area contributed by atoms with Gasteiger partial charge in [0.15, 0.2) is 0 Å². The minimum absolute atomic E-state index is 0. The van der Waals surface area contributed by atoms with Crippen LogP contribution in [0.15, 0.2) is 48.5 Å². The summed E-state index contributed by atoms with van der Waals surface area (Å²) in [5.41, 5.74) is -8.97. The van der Waals surface area contributed by atoms with E-state index in [0.717, 1.165) is 24.3 Å². The van der Waals surface area contributed by atoms with Crippen molar-refractivity contribution in [2.24, 2.45) is 0 Å². The Kier molecular flexibility index (Phi) is 19.6. The third kappa shape index (κ3) is 10.8. The van der Waals surface area contributed by atoms with Gasteiger partial charge < -0.3 is 25.3 Å². The van der Waals surface area contributed by atoms with Crippen molar-refractivity contribution in [3.8, 4) is 0 Å². The molecule has 0 radical (unpaired) electrons. The Hall–Kier alpha value is 2.81. The fourth-order valence-corrected chi connectivity index (χ4v) is 4.16. The molecular formula is C16H20F4Na4O6P2S. The number of benzene rings is 2. The summed E-state index contributed by atoms with van der Waals surface area (Å²) < 4.78 is 76.1. The molecule has 168 valence electrons. The first-order valence-corrected chi connectivity index (χ1v) is 12.2. The second kappa shape index (κ2) is 16.0. The van der Waals surface area contributed by atoms with Gasteiger partial charge in [0, 0.05) is 22.6 Å². The normalized spacial score (nSPS) is 11.9. The van der Waals surface area contributed by atoms with E-state index in [-0.39, 0.29) is 124 Å². The summed E-state index contributed by atoms with van der Waals surface area (Å²) in [6, 6.07) is 8.90. The van der Waals surface area contributed by atoms with Crippen LogP contribution in [0.1, 0.15) is 28.0 Å². The molecule has 0 saturated heterocycles. The van der Waals surface area contributed by atoms with Gasteiger partial charge in [-0.3, -0.25) is 9.13 Å². The van der Waals surface area contributed by atoms with Crippen LogP contribution in [0.3, 0.4) is 0 Å². The number of halogens is 4. The molecule has 0 amide bonds. The third-order valence-corrected chi connectivity index (χ3v) is 6.93. The van der Waals surface area contributed by atoms with Crippen LogP contribution in [0.4, 0.5) is 17.6 Å². The molecule has 2 rings (SSSR count). The van der Waals surface area contributed by atoms with Crippen LogP contribution < -0.4 is 118 Å². The van der Waals surface area contributed by atoms with Crippen molar-refractivity contribution in [2.75, 3.05) is 0 Å². The molecule has 0 saturated carbocycles. The minimum Gasteiger partial charge on any atom is -1.00 e. The van der Waals surface area contributed by atoms with Crippen LogP contribution in [0.5, 0.6) is 0 Å². The fraction of sp³-hybridized carbons (Fsp3) is 0.250. The average Bonchev–Trinajstić information content (AvgIpc) is 2.61. The van der Waals surface area contributed by atoms with Gasteiger partial charge in [-0.1, -0.05) is 48.5 Å². The molecule has 2 aromatic carbocycles. The molecule has 0 bridgehead atoms. The number of hydrogen-bond donors (Lipinski definition) is 4. The van der Waals surface area contributed by atoms with E-state index in [1.54, 1.807) is 0 Å². The third-order valence-electron chi connectivity index (χ3n) is 3.87. The predicted molar refractivity (Wildman–Crippen MR) is 104 cm³/mol. The molecule has 0 atom stereocenters. The quantitative estimate of drug-likeness (QED) is 0.142. The molecule has 0 aliphatic rings. The second-order valence-electron chi connectivity index (χ2n) is 6.06. The molecule has 0 unspecified atom stereocenters. The molecule has 0 fully saturated rings. The molecule has 4 N–H and O–H groups in total. The molecule has 33 heavy (non-hydrogen) atoms. The first-order chi connectivity index (χ1) is 13.2. The van der Waals surface area contributed by atoms with E-state index in [1.165, 1.54) is 36.0 Å². The number of thioether (sulfide) groups is 1. The molecular weight excluding hydrogens is 550 g/mol. The van der Waals surface area contributed by atoms with Gasteiger partial charge in [-0.2, -0.15) is 29.3 Å². The Bertz CT molecular complexity index is 899. The van der Waals surface area contributed by atoms with Crippen LogP contribution in [0.25, 0.3) is 0 Å². The molecule has 17 heteroatoms. The SMILES string of the molecule is O=P(O)(O)C(F)(F)c1ccc(CSCc2ccc(C(F)(F)P(=O)(O)O)cc2)cc1.[H-].[H-].[H-].[H-].[Na+].[Na+].[Na+].[Na+]. The Morgan fingerprint density at radius 3 is 1.09 bits per heavy atom. The minimum atomic E-state index is -5.63. The zero-order valence-corrected chi connectivity index (χ0v) is 29.1. The molecule has 2 aromatic rings. The summed E-state index contributed by atoms with van der Waals surface area (Å²) >= 11 is 1.32. The van der Waals surface area contributed by atoms with Crippen LogP contribution in [0, 0.1) is 0 Å². The first kappa shape index (κ1) is 40.3. The van der Waals surface area contributed by atoms with Gasteiger partial charge in [0.1, 0.15) is 0 Å². The van der Waals surface area contributed by atoms with Crippen molar-refractivity contribution in [1.82, 2.24) is 0 Å². The summed E-state index contributed by atoms with van der Waals surface area (Å²) in [5.74, 6) is 0.699. The second-order valence-corrected chi connectivity index (χ2v) is 10.3. The van der Waals surface area contributed by atoms with Gasteiger partial charge in [0.2, 0.25) is 0 Å². The Morgan fingerprint density at radius 2 is 0.879 bits per heavy atom. The van der Waals surface area contributed by atoms with E-state index in [2.05, 4.69) is 0 Å².